The van der Waals surface area contributed by atoms with Gasteiger partial charge in [-0.25, -0.2) is 0 Å². The number of fused-ring (bicyclic) bond motifs is 1. The second-order valence-electron chi connectivity index (χ2n) is 8.27. The van der Waals surface area contributed by atoms with Gasteiger partial charge in [0, 0.05) is 37.4 Å². The molecule has 1 atom stereocenters. The number of nitrogens with one attached hydrogen (secondary N) is 1. The molecule has 2 aliphatic rings. The Bertz CT molecular complexity index is 1140. The molecule has 0 saturated carbocycles. The van der Waals surface area contributed by atoms with Gasteiger partial charge in [-0.1, -0.05) is 54.6 Å². The van der Waals surface area contributed by atoms with E-state index in [4.69, 9.17) is 9.47 Å². The van der Waals surface area contributed by atoms with E-state index in [1.165, 1.54) is 5.56 Å². The number of morpholine rings is 1. The molecule has 3 aromatic rings. The fourth-order valence-corrected chi connectivity index (χ4v) is 4.47. The Balaban J connectivity index is 1.37. The van der Waals surface area contributed by atoms with E-state index >= 15 is 0 Å². The molecule has 3 aromatic carbocycles. The summed E-state index contributed by atoms with van der Waals surface area (Å²) >= 11 is 0. The third-order valence-electron chi connectivity index (χ3n) is 6.27. The molecule has 1 N–H and O–H groups in total. The van der Waals surface area contributed by atoms with Crippen molar-refractivity contribution in [1.29, 1.82) is 0 Å². The van der Waals surface area contributed by atoms with Gasteiger partial charge in [0.15, 0.2) is 6.61 Å². The lowest BCUT2D eigenvalue weighted by molar-refractivity contribution is -0.137. The van der Waals surface area contributed by atoms with Gasteiger partial charge >= 0.3 is 0 Å². The van der Waals surface area contributed by atoms with E-state index in [2.05, 4.69) is 35.6 Å². The molecule has 164 valence electrons. The Hall–Kier alpha value is -3.38. The molecule has 2 heterocycles. The number of amides is 2. The van der Waals surface area contributed by atoms with Crippen molar-refractivity contribution in [3.05, 3.63) is 66.2 Å². The first-order valence-corrected chi connectivity index (χ1v) is 11.1. The van der Waals surface area contributed by atoms with Crippen molar-refractivity contribution in [2.45, 2.75) is 12.3 Å². The molecule has 6 heteroatoms. The maximum atomic E-state index is 12.5. The Morgan fingerprint density at radius 1 is 1.00 bits per heavy atom. The minimum Gasteiger partial charge on any atom is -0.483 e. The monoisotopic (exact) mass is 430 g/mol. The van der Waals surface area contributed by atoms with Crippen molar-refractivity contribution < 1.29 is 19.1 Å². The van der Waals surface area contributed by atoms with Crippen LogP contribution in [0.3, 0.4) is 0 Å². The predicted octanol–water partition coefficient (Wildman–Crippen LogP) is 3.35. The predicted molar refractivity (Wildman–Crippen MR) is 123 cm³/mol. The van der Waals surface area contributed by atoms with Crippen LogP contribution in [0, 0.1) is 0 Å². The molecular formula is C26H26N2O4. The lowest BCUT2D eigenvalue weighted by atomic mass is 9.93. The zero-order chi connectivity index (χ0) is 21.9. The third-order valence-corrected chi connectivity index (χ3v) is 6.27. The van der Waals surface area contributed by atoms with Crippen molar-refractivity contribution in [2.75, 3.05) is 39.5 Å². The van der Waals surface area contributed by atoms with Gasteiger partial charge in [0.2, 0.25) is 5.91 Å². The minimum atomic E-state index is -0.0167. The van der Waals surface area contributed by atoms with E-state index in [-0.39, 0.29) is 24.3 Å². The average molecular weight is 431 g/mol. The Morgan fingerprint density at radius 2 is 1.75 bits per heavy atom. The number of benzene rings is 3. The van der Waals surface area contributed by atoms with E-state index in [1.807, 2.05) is 30.3 Å². The summed E-state index contributed by atoms with van der Waals surface area (Å²) in [5.74, 6) is 1.05. The summed E-state index contributed by atoms with van der Waals surface area (Å²) in [6.07, 6.45) is 0.553. The summed E-state index contributed by atoms with van der Waals surface area (Å²) in [7, 11) is 0. The number of ether oxygens (including phenoxy) is 2. The number of rotatable bonds is 5. The molecule has 0 spiro atoms. The maximum Gasteiger partial charge on any atom is 0.260 e. The Kier molecular flexibility index (Phi) is 5.77. The van der Waals surface area contributed by atoms with Crippen LogP contribution in [-0.2, 0) is 14.3 Å². The molecule has 32 heavy (non-hydrogen) atoms. The first-order valence-electron chi connectivity index (χ1n) is 11.1. The molecule has 0 bridgehead atoms. The van der Waals surface area contributed by atoms with Gasteiger partial charge in [-0.3, -0.25) is 9.59 Å². The van der Waals surface area contributed by atoms with E-state index in [1.54, 1.807) is 4.90 Å². The van der Waals surface area contributed by atoms with Gasteiger partial charge in [0.25, 0.3) is 5.91 Å². The summed E-state index contributed by atoms with van der Waals surface area (Å²) in [5, 5.41) is 4.96. The molecule has 2 saturated heterocycles. The highest BCUT2D eigenvalue weighted by Gasteiger charge is 2.23. The second-order valence-corrected chi connectivity index (χ2v) is 8.27. The highest BCUT2D eigenvalue weighted by molar-refractivity contribution is 6.00. The van der Waals surface area contributed by atoms with Gasteiger partial charge in [-0.05, 0) is 28.1 Å². The second kappa shape index (κ2) is 9.01. The van der Waals surface area contributed by atoms with E-state index < -0.39 is 0 Å². The van der Waals surface area contributed by atoms with Gasteiger partial charge in [0.1, 0.15) is 5.75 Å². The average Bonchev–Trinajstić information content (AvgIpc) is 3.29. The van der Waals surface area contributed by atoms with Crippen LogP contribution >= 0.6 is 0 Å². The first kappa shape index (κ1) is 20.5. The number of carbonyl (C=O) groups is 2. The fourth-order valence-electron chi connectivity index (χ4n) is 4.47. The molecule has 2 amide bonds. The smallest absolute Gasteiger partial charge is 0.260 e. The molecular weight excluding hydrogens is 404 g/mol. The summed E-state index contributed by atoms with van der Waals surface area (Å²) in [6, 6.07) is 20.5. The summed E-state index contributed by atoms with van der Waals surface area (Å²) < 4.78 is 11.3. The van der Waals surface area contributed by atoms with Crippen molar-refractivity contribution in [2.24, 2.45) is 0 Å². The van der Waals surface area contributed by atoms with Crippen LogP contribution in [0.25, 0.3) is 21.9 Å². The Labute approximate surface area is 187 Å². The summed E-state index contributed by atoms with van der Waals surface area (Å²) in [4.78, 5) is 25.8. The van der Waals surface area contributed by atoms with Crippen LogP contribution in [0.15, 0.2) is 60.7 Å². The number of nitrogens with zero attached hydrogens (tertiary/aromatic N) is 1. The number of hydrogen-bond acceptors (Lipinski definition) is 4. The van der Waals surface area contributed by atoms with Crippen LogP contribution < -0.4 is 10.1 Å². The molecule has 0 radical (unpaired) electrons. The van der Waals surface area contributed by atoms with Crippen LogP contribution in [-0.4, -0.2) is 56.2 Å². The van der Waals surface area contributed by atoms with Crippen molar-refractivity contribution in [3.8, 4) is 16.9 Å². The number of hydrogen-bond donors (Lipinski definition) is 1. The van der Waals surface area contributed by atoms with Gasteiger partial charge < -0.3 is 19.7 Å². The number of carbonyl (C=O) groups excluding carboxylic acids is 2. The largest absolute Gasteiger partial charge is 0.483 e. The van der Waals surface area contributed by atoms with Crippen molar-refractivity contribution >= 4 is 22.6 Å². The van der Waals surface area contributed by atoms with Crippen molar-refractivity contribution in [3.63, 3.8) is 0 Å². The standard InChI is InChI=1S/C26H26N2O4/c29-25-15-20(16-27-25)18-5-7-19(8-6-18)21-9-10-24(23-4-2-1-3-22(21)23)32-17-26(30)28-11-13-31-14-12-28/h1-10,20H,11-17H2,(H,27,29). The molecule has 2 aliphatic heterocycles. The SMILES string of the molecule is O=C1CC(c2ccc(-c3ccc(OCC(=O)N4CCOCC4)c4ccccc34)cc2)CN1. The van der Waals surface area contributed by atoms with Crippen LogP contribution in [0.5, 0.6) is 5.75 Å². The zero-order valence-electron chi connectivity index (χ0n) is 17.9. The molecule has 1 unspecified atom stereocenters. The summed E-state index contributed by atoms with van der Waals surface area (Å²) in [5.41, 5.74) is 3.40. The quantitative estimate of drug-likeness (QED) is 0.674. The van der Waals surface area contributed by atoms with Gasteiger partial charge in [0.05, 0.1) is 13.2 Å². The van der Waals surface area contributed by atoms with E-state index in [9.17, 15) is 9.59 Å². The molecule has 2 fully saturated rings. The topological polar surface area (TPSA) is 67.9 Å². The molecule has 5 rings (SSSR count). The van der Waals surface area contributed by atoms with E-state index in [0.717, 1.165) is 21.9 Å². The third kappa shape index (κ3) is 4.18. The minimum absolute atomic E-state index is 0.0167. The summed E-state index contributed by atoms with van der Waals surface area (Å²) in [6.45, 7) is 3.11. The fraction of sp³-hybridized carbons (Fsp3) is 0.308. The molecule has 0 aliphatic carbocycles. The lowest BCUT2D eigenvalue weighted by Crippen LogP contribution is -2.42. The van der Waals surface area contributed by atoms with E-state index in [0.29, 0.717) is 45.0 Å². The van der Waals surface area contributed by atoms with Gasteiger partial charge in [-0.2, -0.15) is 0 Å². The van der Waals surface area contributed by atoms with Crippen LogP contribution in [0.2, 0.25) is 0 Å². The Morgan fingerprint density at radius 3 is 2.47 bits per heavy atom. The first-order chi connectivity index (χ1) is 15.7. The molecule has 6 nitrogen and oxygen atoms in total. The highest BCUT2D eigenvalue weighted by atomic mass is 16.5. The van der Waals surface area contributed by atoms with Crippen LogP contribution in [0.1, 0.15) is 17.9 Å². The van der Waals surface area contributed by atoms with Crippen molar-refractivity contribution in [1.82, 2.24) is 10.2 Å². The lowest BCUT2D eigenvalue weighted by Gasteiger charge is -2.26. The van der Waals surface area contributed by atoms with Gasteiger partial charge in [-0.15, -0.1) is 0 Å². The molecule has 0 aromatic heterocycles. The maximum absolute atomic E-state index is 12.5. The normalized spacial score (nSPS) is 18.6. The van der Waals surface area contributed by atoms with Crippen LogP contribution in [0.4, 0.5) is 0 Å². The highest BCUT2D eigenvalue weighted by Crippen LogP contribution is 2.35. The zero-order valence-corrected chi connectivity index (χ0v) is 17.9.